The van der Waals surface area contributed by atoms with Gasteiger partial charge in [-0.2, -0.15) is 0 Å². The zero-order chi connectivity index (χ0) is 21.5. The van der Waals surface area contributed by atoms with Gasteiger partial charge in [0.2, 0.25) is 0 Å². The van der Waals surface area contributed by atoms with Gasteiger partial charge in [-0.05, 0) is 0 Å². The van der Waals surface area contributed by atoms with Crippen molar-refractivity contribution in [3.8, 4) is 0 Å². The van der Waals surface area contributed by atoms with Crippen LogP contribution >= 0.6 is 75.8 Å². The van der Waals surface area contributed by atoms with Gasteiger partial charge >= 0.3 is 0 Å². The van der Waals surface area contributed by atoms with Crippen LogP contribution in [0.2, 0.25) is 0 Å². The van der Waals surface area contributed by atoms with Gasteiger partial charge in [-0.1, -0.05) is 0 Å². The van der Waals surface area contributed by atoms with Crippen LogP contribution in [0.25, 0.3) is 0 Å². The topological polar surface area (TPSA) is 102 Å². The molecule has 0 bridgehead atoms. The number of carbonyl (C=O) groups excluding carboxylic acids is 6. The molecule has 0 aliphatic rings. The van der Waals surface area contributed by atoms with E-state index in [2.05, 4.69) is 152 Å². The first-order valence-corrected chi connectivity index (χ1v) is 8.92. The van der Waals surface area contributed by atoms with E-state index in [0.29, 0.717) is 0 Å². The fourth-order valence-electron chi connectivity index (χ4n) is 0. The molecular weight excluding hydrogens is 649 g/mol. The number of hydrogen-bond donors (Lipinski definition) is 6. The monoisotopic (exact) mass is 656 g/mol. The summed E-state index contributed by atoms with van der Waals surface area (Å²) in [5.74, 6) is 0. The van der Waals surface area contributed by atoms with Crippen molar-refractivity contribution in [1.82, 2.24) is 0 Å². The predicted octanol–water partition coefficient (Wildman–Crippen LogP) is 3.50. The average molecular weight is 655 g/mol. The summed E-state index contributed by atoms with van der Waals surface area (Å²) in [6.45, 7) is 0. The molecule has 0 aromatic heterocycles. The quantitative estimate of drug-likeness (QED) is 0.131. The molecule has 0 aromatic carbocycles. The number of thiol groups is 6. The van der Waals surface area contributed by atoms with Gasteiger partial charge in [0.15, 0.2) is 0 Å². The molecule has 0 N–H and O–H groups in total. The summed E-state index contributed by atoms with van der Waals surface area (Å²) in [6.07, 6.45) is 0. The molecule has 0 heterocycles. The minimum absolute atomic E-state index is 0. The molecule has 150 valence electrons. The molecule has 25 heavy (non-hydrogen) atoms. The van der Waals surface area contributed by atoms with Gasteiger partial charge in [0.1, 0.15) is 0 Å². The van der Waals surface area contributed by atoms with E-state index in [1.807, 2.05) is 0 Å². The average Bonchev–Trinajstić information content (AvgIpc) is 2.08. The molecule has 0 radical (unpaired) electrons. The van der Waals surface area contributed by atoms with Gasteiger partial charge in [0.25, 0.3) is 0 Å². The zero-order valence-corrected chi connectivity index (χ0v) is 23.3. The molecule has 0 atom stereocenters. The normalized spacial score (nSPS) is 6.00. The Balaban J connectivity index is -0.0000000309. The molecule has 6 nitrogen and oxygen atoms in total. The molecule has 19 heteroatoms. The maximum Gasteiger partial charge on any atom is 0.0654 e. The van der Waals surface area contributed by atoms with E-state index in [4.69, 9.17) is 28.8 Å². The van der Waals surface area contributed by atoms with Crippen molar-refractivity contribution in [1.29, 1.82) is 0 Å². The number of rotatable bonds is 0. The Morgan fingerprint density at radius 1 is 0.360 bits per heavy atom. The summed E-state index contributed by atoms with van der Waals surface area (Å²) in [6, 6.07) is 0. The van der Waals surface area contributed by atoms with Crippen LogP contribution in [0.1, 0.15) is 0 Å². The van der Waals surface area contributed by atoms with Crippen molar-refractivity contribution < 1.29 is 49.8 Å². The third-order valence-corrected chi connectivity index (χ3v) is 0. The van der Waals surface area contributed by atoms with Crippen LogP contribution in [-0.2, 0) is 96.8 Å². The van der Waals surface area contributed by atoms with Crippen molar-refractivity contribution in [3.05, 3.63) is 0 Å². The molecule has 0 fully saturated rings. The van der Waals surface area contributed by atoms with E-state index in [1.165, 1.54) is 0 Å². The van der Waals surface area contributed by atoms with Crippen molar-refractivity contribution in [2.24, 2.45) is 0 Å². The molecule has 0 aliphatic carbocycles. The standard InChI is InChI=1S/6CH2OS2.Mo/c6*2-1(3)4;/h6*(H2,2,3,4);/p-6. The van der Waals surface area contributed by atoms with Crippen molar-refractivity contribution >= 4 is 178 Å². The Bertz CT molecular complexity index is 273. The van der Waals surface area contributed by atoms with Gasteiger partial charge in [-0.25, -0.2) is 0 Å². The summed E-state index contributed by atoms with van der Waals surface area (Å²) in [5.41, 5.74) is 0. The Morgan fingerprint density at radius 2 is 0.360 bits per heavy atom. The van der Waals surface area contributed by atoms with Crippen LogP contribution in [0.5, 0.6) is 0 Å². The third kappa shape index (κ3) is 3360. The van der Waals surface area contributed by atoms with Gasteiger partial charge in [-0.3, -0.25) is 0 Å². The number of carbonyl (C=O) groups is 6. The zero-order valence-electron chi connectivity index (χ0n) is 11.0. The fourth-order valence-corrected chi connectivity index (χ4v) is 0. The summed E-state index contributed by atoms with van der Waals surface area (Å²) < 4.78 is -3.33. The Labute approximate surface area is 225 Å². The van der Waals surface area contributed by atoms with Crippen molar-refractivity contribution in [2.75, 3.05) is 0 Å². The molecule has 0 aliphatic heterocycles. The van der Waals surface area contributed by atoms with Crippen LogP contribution in [0.15, 0.2) is 0 Å². The van der Waals surface area contributed by atoms with Crippen molar-refractivity contribution in [3.63, 3.8) is 0 Å². The van der Waals surface area contributed by atoms with Crippen LogP contribution < -0.4 is 0 Å². The second kappa shape index (κ2) is 40.7. The molecule has 0 spiro atoms. The molecule has 0 aromatic rings. The van der Waals surface area contributed by atoms with Gasteiger partial charge < -0.3 is 105 Å². The first kappa shape index (κ1) is 45.7. The number of hydrogen-bond acceptors (Lipinski definition) is 12. The third-order valence-electron chi connectivity index (χ3n) is 0. The molecule has 0 saturated heterocycles. The summed E-state index contributed by atoms with van der Waals surface area (Å²) in [5, 5.41) is 0. The predicted molar refractivity (Wildman–Crippen MR) is 130 cm³/mol. The molecule has 0 saturated carbocycles. The molecular formula is C6H6MoO6S12-6. The van der Waals surface area contributed by atoms with Crippen LogP contribution in [0.3, 0.4) is 0 Å². The van der Waals surface area contributed by atoms with E-state index in [0.717, 1.165) is 0 Å². The van der Waals surface area contributed by atoms with E-state index in [9.17, 15) is 0 Å². The van der Waals surface area contributed by atoms with E-state index >= 15 is 0 Å². The van der Waals surface area contributed by atoms with Gasteiger partial charge in [0, 0.05) is 21.1 Å². The van der Waals surface area contributed by atoms with E-state index in [-0.39, 0.29) is 21.1 Å². The van der Waals surface area contributed by atoms with Gasteiger partial charge in [-0.15, -0.1) is 75.8 Å². The first-order valence-electron chi connectivity index (χ1n) is 3.79. The summed E-state index contributed by atoms with van der Waals surface area (Å²) in [4.78, 5) is 54.7. The van der Waals surface area contributed by atoms with Crippen LogP contribution in [0, 0.1) is 0 Å². The minimum Gasteiger partial charge on any atom is -0.731 e. The van der Waals surface area contributed by atoms with Crippen LogP contribution in [0.4, 0.5) is 28.8 Å². The van der Waals surface area contributed by atoms with E-state index < -0.39 is 26.7 Å². The fraction of sp³-hybridized carbons (Fsp3) is 0. The SMILES string of the molecule is O=C([S-])S.O=C([S-])S.O=C([S-])S.O=C([S-])S.O=C([S-])S.O=C([S-])S.[Mo]. The van der Waals surface area contributed by atoms with Gasteiger partial charge in [0.05, 0.1) is 26.7 Å². The summed E-state index contributed by atoms with van der Waals surface area (Å²) >= 11 is 41.9. The Morgan fingerprint density at radius 3 is 0.360 bits per heavy atom. The van der Waals surface area contributed by atoms with E-state index in [1.54, 1.807) is 0 Å². The molecule has 0 rings (SSSR count). The Kier molecular flexibility index (Phi) is 74.5. The largest absolute Gasteiger partial charge is 0.731 e. The maximum absolute atomic E-state index is 9.12. The summed E-state index contributed by atoms with van der Waals surface area (Å²) in [7, 11) is 0. The second-order valence-corrected chi connectivity index (χ2v) is 8.07. The minimum atomic E-state index is -0.556. The maximum atomic E-state index is 9.12. The second-order valence-electron chi connectivity index (χ2n) is 1.60. The molecule has 0 unspecified atom stereocenters. The first-order chi connectivity index (χ1) is 10.4. The molecule has 0 amide bonds. The van der Waals surface area contributed by atoms with Crippen molar-refractivity contribution in [2.45, 2.75) is 0 Å². The smallest absolute Gasteiger partial charge is 0.0654 e. The Hall–Kier alpha value is 2.13. The van der Waals surface area contributed by atoms with Crippen LogP contribution in [-0.4, -0.2) is 26.7 Å².